The number of H-pyrrole nitrogens is 2. The number of hydrogen-bond acceptors (Lipinski definition) is 2. The molecule has 2 heterocycles. The Morgan fingerprint density at radius 1 is 1.13 bits per heavy atom. The molecule has 0 fully saturated rings. The number of halogens is 4. The van der Waals surface area contributed by atoms with Crippen LogP contribution in [0.3, 0.4) is 0 Å². The van der Waals surface area contributed by atoms with Crippen molar-refractivity contribution < 1.29 is 27.1 Å². The maximum atomic E-state index is 13.2. The second kappa shape index (κ2) is 7.40. The second-order valence-corrected chi connectivity index (χ2v) is 6.89. The van der Waals surface area contributed by atoms with Gasteiger partial charge in [0, 0.05) is 34.6 Å². The zero-order valence-corrected chi connectivity index (χ0v) is 15.8. The first-order valence-electron chi connectivity index (χ1n) is 9.13. The van der Waals surface area contributed by atoms with Gasteiger partial charge in [0.25, 0.3) is 0 Å². The molecule has 0 bridgehead atoms. The van der Waals surface area contributed by atoms with Crippen LogP contribution in [0.5, 0.6) is 5.88 Å². The van der Waals surface area contributed by atoms with Crippen LogP contribution in [0.1, 0.15) is 16.8 Å². The van der Waals surface area contributed by atoms with E-state index in [0.29, 0.717) is 34.0 Å². The summed E-state index contributed by atoms with van der Waals surface area (Å²) in [6.07, 6.45) is -4.87. The third-order valence-electron chi connectivity index (χ3n) is 4.87. The number of benzene rings is 2. The number of hydrogen-bond donors (Lipinski definition) is 3. The molecule has 4 aromatic rings. The predicted octanol–water partition coefficient (Wildman–Crippen LogP) is 5.45. The van der Waals surface area contributed by atoms with Crippen molar-refractivity contribution in [3.8, 4) is 5.88 Å². The van der Waals surface area contributed by atoms with Crippen molar-refractivity contribution in [2.75, 3.05) is 6.54 Å². The van der Waals surface area contributed by atoms with Gasteiger partial charge in [0.05, 0.1) is 11.1 Å². The Balaban J connectivity index is 1.43. The third-order valence-corrected chi connectivity index (χ3v) is 4.87. The van der Waals surface area contributed by atoms with Crippen LogP contribution in [-0.2, 0) is 12.6 Å². The van der Waals surface area contributed by atoms with Gasteiger partial charge in [0.1, 0.15) is 5.82 Å². The second-order valence-electron chi connectivity index (χ2n) is 6.89. The van der Waals surface area contributed by atoms with Crippen LogP contribution in [0, 0.1) is 12.7 Å². The molecule has 5 nitrogen and oxygen atoms in total. The lowest BCUT2D eigenvalue weighted by Crippen LogP contribution is -2.28. The van der Waals surface area contributed by atoms with Gasteiger partial charge in [0.15, 0.2) is 0 Å². The van der Waals surface area contributed by atoms with Gasteiger partial charge in [-0.3, -0.25) is 0 Å². The van der Waals surface area contributed by atoms with Crippen molar-refractivity contribution in [3.63, 3.8) is 0 Å². The van der Waals surface area contributed by atoms with Crippen molar-refractivity contribution in [2.45, 2.75) is 19.5 Å². The van der Waals surface area contributed by atoms with Crippen molar-refractivity contribution >= 4 is 27.9 Å². The molecule has 1 amide bonds. The summed E-state index contributed by atoms with van der Waals surface area (Å²) in [6.45, 7) is 1.86. The first-order valence-corrected chi connectivity index (χ1v) is 9.13. The van der Waals surface area contributed by atoms with E-state index in [0.717, 1.165) is 6.07 Å². The Labute approximate surface area is 168 Å². The summed E-state index contributed by atoms with van der Waals surface area (Å²) < 4.78 is 58.0. The summed E-state index contributed by atoms with van der Waals surface area (Å²) in [5.41, 5.74) is 1.23. The van der Waals surface area contributed by atoms with E-state index in [1.807, 2.05) is 0 Å². The van der Waals surface area contributed by atoms with Crippen LogP contribution in [0.2, 0.25) is 0 Å². The predicted molar refractivity (Wildman–Crippen MR) is 104 cm³/mol. The number of aromatic nitrogens is 2. The number of para-hydroxylation sites is 1. The lowest BCUT2D eigenvalue weighted by Gasteiger charge is -2.08. The van der Waals surface area contributed by atoms with Gasteiger partial charge in [-0.25, -0.2) is 9.18 Å². The largest absolute Gasteiger partial charge is 0.418 e. The highest BCUT2D eigenvalue weighted by molar-refractivity contribution is 5.88. The number of aromatic amines is 2. The number of amides is 1. The van der Waals surface area contributed by atoms with Crippen molar-refractivity contribution in [1.82, 2.24) is 15.3 Å². The molecule has 0 aliphatic rings. The molecule has 0 aliphatic carbocycles. The average molecular weight is 419 g/mol. The minimum absolute atomic E-state index is 0.0328. The Hall–Kier alpha value is -3.49. The minimum atomic E-state index is -4.46. The van der Waals surface area contributed by atoms with Crippen molar-refractivity contribution in [2.24, 2.45) is 0 Å². The Morgan fingerprint density at radius 3 is 2.70 bits per heavy atom. The lowest BCUT2D eigenvalue weighted by molar-refractivity contribution is -0.136. The number of aryl methyl sites for hydroxylation is 1. The molecule has 4 rings (SSSR count). The van der Waals surface area contributed by atoms with Crippen LogP contribution in [-0.4, -0.2) is 22.6 Å². The molecule has 0 spiro atoms. The number of nitrogens with one attached hydrogen (secondary N) is 3. The molecule has 0 atom stereocenters. The van der Waals surface area contributed by atoms with Crippen molar-refractivity contribution in [3.05, 3.63) is 65.1 Å². The summed E-state index contributed by atoms with van der Waals surface area (Å²) in [7, 11) is 0. The molecule has 0 saturated carbocycles. The molecule has 0 aliphatic heterocycles. The third kappa shape index (κ3) is 3.83. The van der Waals surface area contributed by atoms with E-state index in [1.165, 1.54) is 30.3 Å². The van der Waals surface area contributed by atoms with Crippen LogP contribution in [0.4, 0.5) is 22.4 Å². The highest BCUT2D eigenvalue weighted by Crippen LogP contribution is 2.36. The Kier molecular flexibility index (Phi) is 4.89. The maximum Gasteiger partial charge on any atom is 0.418 e. The zero-order chi connectivity index (χ0) is 21.5. The van der Waals surface area contributed by atoms with E-state index in [4.69, 9.17) is 4.74 Å². The molecule has 2 aromatic heterocycles. The van der Waals surface area contributed by atoms with Crippen LogP contribution >= 0.6 is 0 Å². The smallest absolute Gasteiger partial charge is 0.393 e. The van der Waals surface area contributed by atoms with Crippen LogP contribution < -0.4 is 10.1 Å². The quantitative estimate of drug-likeness (QED) is 0.385. The standard InChI is InChI=1S/C21H17F4N3O2/c1-11-14(15-3-2-4-16(19(15)27-11)21(23,24)25)7-8-26-20(29)30-18-10-12-9-13(22)5-6-17(12)28-18/h2-6,9-10,27-28H,7-8H2,1H3,(H,26,29). The van der Waals surface area contributed by atoms with Gasteiger partial charge >= 0.3 is 12.3 Å². The minimum Gasteiger partial charge on any atom is -0.393 e. The first kappa shape index (κ1) is 19.8. The number of alkyl halides is 3. The molecular formula is C21H17F4N3O2. The zero-order valence-electron chi connectivity index (χ0n) is 15.8. The monoisotopic (exact) mass is 419 g/mol. The van der Waals surface area contributed by atoms with Gasteiger partial charge in [-0.1, -0.05) is 12.1 Å². The van der Waals surface area contributed by atoms with E-state index >= 15 is 0 Å². The molecule has 9 heteroatoms. The highest BCUT2D eigenvalue weighted by Gasteiger charge is 2.33. The number of ether oxygens (including phenoxy) is 1. The van der Waals surface area contributed by atoms with Crippen LogP contribution in [0.15, 0.2) is 42.5 Å². The maximum absolute atomic E-state index is 13.2. The van der Waals surface area contributed by atoms with E-state index < -0.39 is 23.7 Å². The molecule has 2 aromatic carbocycles. The Bertz CT molecular complexity index is 1240. The molecule has 156 valence electrons. The highest BCUT2D eigenvalue weighted by atomic mass is 19.4. The summed E-state index contributed by atoms with van der Waals surface area (Å²) in [5, 5.41) is 3.60. The van der Waals surface area contributed by atoms with Crippen molar-refractivity contribution in [1.29, 1.82) is 0 Å². The summed E-state index contributed by atoms with van der Waals surface area (Å²) >= 11 is 0. The molecule has 0 unspecified atom stereocenters. The van der Waals surface area contributed by atoms with E-state index in [-0.39, 0.29) is 17.9 Å². The first-order chi connectivity index (χ1) is 14.2. The fourth-order valence-electron chi connectivity index (χ4n) is 3.52. The van der Waals surface area contributed by atoms with Gasteiger partial charge in [0.2, 0.25) is 5.88 Å². The fraction of sp³-hybridized carbons (Fsp3) is 0.190. The topological polar surface area (TPSA) is 69.9 Å². The normalized spacial score (nSPS) is 11.9. The number of carbonyl (C=O) groups is 1. The number of rotatable bonds is 4. The average Bonchev–Trinajstić information content (AvgIpc) is 3.20. The van der Waals surface area contributed by atoms with Gasteiger partial charge < -0.3 is 20.0 Å². The molecule has 0 saturated heterocycles. The Morgan fingerprint density at radius 2 is 1.93 bits per heavy atom. The summed E-state index contributed by atoms with van der Waals surface area (Å²) in [6, 6.07) is 9.64. The SMILES string of the molecule is Cc1[nH]c2c(C(F)(F)F)cccc2c1CCNC(=O)Oc1cc2cc(F)ccc2[nH]1. The summed E-state index contributed by atoms with van der Waals surface area (Å²) in [4.78, 5) is 17.7. The van der Waals surface area contributed by atoms with Gasteiger partial charge in [-0.15, -0.1) is 0 Å². The van der Waals surface area contributed by atoms with Crippen LogP contribution in [0.25, 0.3) is 21.8 Å². The van der Waals surface area contributed by atoms with E-state index in [9.17, 15) is 22.4 Å². The molecule has 3 N–H and O–H groups in total. The van der Waals surface area contributed by atoms with Gasteiger partial charge in [-0.2, -0.15) is 13.2 Å². The number of carbonyl (C=O) groups excluding carboxylic acids is 1. The number of fused-ring (bicyclic) bond motifs is 2. The van der Waals surface area contributed by atoms with Gasteiger partial charge in [-0.05, 0) is 43.2 Å². The van der Waals surface area contributed by atoms with E-state index in [1.54, 1.807) is 13.0 Å². The fourth-order valence-corrected chi connectivity index (χ4v) is 3.52. The lowest BCUT2D eigenvalue weighted by atomic mass is 10.1. The molecule has 30 heavy (non-hydrogen) atoms. The summed E-state index contributed by atoms with van der Waals surface area (Å²) in [5.74, 6) is -0.244. The molecular weight excluding hydrogens is 402 g/mol. The molecule has 0 radical (unpaired) electrons. The van der Waals surface area contributed by atoms with E-state index in [2.05, 4.69) is 15.3 Å².